The van der Waals surface area contributed by atoms with E-state index in [1.165, 1.54) is 19.2 Å². The van der Waals surface area contributed by atoms with Crippen LogP contribution < -0.4 is 5.32 Å². The summed E-state index contributed by atoms with van der Waals surface area (Å²) >= 11 is 1.68. The summed E-state index contributed by atoms with van der Waals surface area (Å²) in [6, 6.07) is 5.90. The number of benzene rings is 1. The van der Waals surface area contributed by atoms with Gasteiger partial charge >= 0.3 is 5.97 Å². The molecule has 0 aliphatic carbocycles. The molecule has 0 radical (unpaired) electrons. The Bertz CT molecular complexity index is 370. The standard InChI is InChI=1S/C13H18FNO2S/c1-17-13(16)12(7-8-18-2)15-9-10-3-5-11(14)6-4-10/h3-6,12,15H,7-9H2,1-2H3/t12-/m1/s1. The van der Waals surface area contributed by atoms with Crippen LogP contribution >= 0.6 is 11.8 Å². The molecule has 0 aromatic heterocycles. The second-order valence-electron chi connectivity index (χ2n) is 3.86. The van der Waals surface area contributed by atoms with Crippen molar-refractivity contribution in [2.45, 2.75) is 19.0 Å². The number of methoxy groups -OCH3 is 1. The van der Waals surface area contributed by atoms with Crippen molar-refractivity contribution in [3.05, 3.63) is 35.6 Å². The number of ether oxygens (including phenoxy) is 1. The quantitative estimate of drug-likeness (QED) is 0.772. The first-order chi connectivity index (χ1) is 8.67. The van der Waals surface area contributed by atoms with Gasteiger partial charge in [-0.1, -0.05) is 12.1 Å². The van der Waals surface area contributed by atoms with Crippen LogP contribution in [0.25, 0.3) is 0 Å². The Balaban J connectivity index is 2.50. The number of rotatable bonds is 7. The third-order valence-electron chi connectivity index (χ3n) is 2.56. The summed E-state index contributed by atoms with van der Waals surface area (Å²) in [4.78, 5) is 11.5. The fourth-order valence-corrected chi connectivity index (χ4v) is 2.00. The largest absolute Gasteiger partial charge is 0.468 e. The lowest BCUT2D eigenvalue weighted by atomic mass is 10.2. The normalized spacial score (nSPS) is 12.2. The fourth-order valence-electron chi connectivity index (χ4n) is 1.52. The van der Waals surface area contributed by atoms with Gasteiger partial charge < -0.3 is 10.1 Å². The number of carbonyl (C=O) groups is 1. The van der Waals surface area contributed by atoms with E-state index in [9.17, 15) is 9.18 Å². The van der Waals surface area contributed by atoms with Crippen LogP contribution in [0.2, 0.25) is 0 Å². The van der Waals surface area contributed by atoms with E-state index in [1.807, 2.05) is 6.26 Å². The minimum Gasteiger partial charge on any atom is -0.468 e. The third-order valence-corrected chi connectivity index (χ3v) is 3.21. The van der Waals surface area contributed by atoms with E-state index in [0.717, 1.165) is 17.7 Å². The van der Waals surface area contributed by atoms with Crippen LogP contribution in [0.15, 0.2) is 24.3 Å². The molecule has 0 amide bonds. The van der Waals surface area contributed by atoms with Crippen molar-refractivity contribution in [2.75, 3.05) is 19.1 Å². The van der Waals surface area contributed by atoms with E-state index in [-0.39, 0.29) is 17.8 Å². The van der Waals surface area contributed by atoms with Gasteiger partial charge in [0.1, 0.15) is 11.9 Å². The Kier molecular flexibility index (Phi) is 6.75. The molecule has 0 aliphatic rings. The number of hydrogen-bond donors (Lipinski definition) is 1. The molecule has 1 N–H and O–H groups in total. The van der Waals surface area contributed by atoms with E-state index in [2.05, 4.69) is 5.32 Å². The van der Waals surface area contributed by atoms with Gasteiger partial charge in [-0.3, -0.25) is 4.79 Å². The molecule has 0 aliphatic heterocycles. The van der Waals surface area contributed by atoms with E-state index < -0.39 is 0 Å². The molecular weight excluding hydrogens is 253 g/mol. The van der Waals surface area contributed by atoms with E-state index in [1.54, 1.807) is 23.9 Å². The second-order valence-corrected chi connectivity index (χ2v) is 4.85. The minimum atomic E-state index is -0.312. The Labute approximate surface area is 111 Å². The van der Waals surface area contributed by atoms with Gasteiger partial charge in [0, 0.05) is 6.54 Å². The highest BCUT2D eigenvalue weighted by Gasteiger charge is 2.17. The number of esters is 1. The molecule has 1 rings (SSSR count). The number of halogens is 1. The lowest BCUT2D eigenvalue weighted by Gasteiger charge is -2.15. The van der Waals surface area contributed by atoms with E-state index >= 15 is 0 Å². The van der Waals surface area contributed by atoms with Crippen molar-refractivity contribution in [1.82, 2.24) is 5.32 Å². The van der Waals surface area contributed by atoms with Gasteiger partial charge in [-0.15, -0.1) is 0 Å². The van der Waals surface area contributed by atoms with Gasteiger partial charge in [-0.25, -0.2) is 4.39 Å². The molecule has 100 valence electrons. The first-order valence-corrected chi connectivity index (χ1v) is 7.11. The molecule has 0 saturated heterocycles. The maximum absolute atomic E-state index is 12.7. The molecule has 0 fully saturated rings. The molecule has 3 nitrogen and oxygen atoms in total. The molecule has 0 unspecified atom stereocenters. The van der Waals surface area contributed by atoms with Crippen LogP contribution in [0.5, 0.6) is 0 Å². The highest BCUT2D eigenvalue weighted by Crippen LogP contribution is 2.06. The highest BCUT2D eigenvalue weighted by atomic mass is 32.2. The van der Waals surface area contributed by atoms with Crippen LogP contribution in [0.4, 0.5) is 4.39 Å². The van der Waals surface area contributed by atoms with Crippen molar-refractivity contribution in [3.63, 3.8) is 0 Å². The molecule has 1 aromatic carbocycles. The SMILES string of the molecule is COC(=O)[C@@H](CCSC)NCc1ccc(F)cc1. The topological polar surface area (TPSA) is 38.3 Å². The van der Waals surface area contributed by atoms with Gasteiger partial charge in [0.25, 0.3) is 0 Å². The zero-order chi connectivity index (χ0) is 13.4. The monoisotopic (exact) mass is 271 g/mol. The van der Waals surface area contributed by atoms with Gasteiger partial charge in [-0.05, 0) is 36.1 Å². The maximum Gasteiger partial charge on any atom is 0.322 e. The van der Waals surface area contributed by atoms with Crippen LogP contribution in [-0.2, 0) is 16.1 Å². The molecule has 0 heterocycles. The van der Waals surface area contributed by atoms with Gasteiger partial charge in [-0.2, -0.15) is 11.8 Å². The summed E-state index contributed by atoms with van der Waals surface area (Å²) in [5.41, 5.74) is 0.939. The molecule has 0 bridgehead atoms. The summed E-state index contributed by atoms with van der Waals surface area (Å²) in [6.45, 7) is 0.522. The van der Waals surface area contributed by atoms with Crippen LogP contribution in [0.3, 0.4) is 0 Å². The average Bonchev–Trinajstić information content (AvgIpc) is 2.40. The zero-order valence-corrected chi connectivity index (χ0v) is 11.4. The van der Waals surface area contributed by atoms with Crippen LogP contribution in [0, 0.1) is 5.82 Å². The number of carbonyl (C=O) groups excluding carboxylic acids is 1. The van der Waals surface area contributed by atoms with Crippen molar-refractivity contribution >= 4 is 17.7 Å². The molecule has 5 heteroatoms. The Morgan fingerprint density at radius 2 is 2.11 bits per heavy atom. The van der Waals surface area contributed by atoms with E-state index in [4.69, 9.17) is 4.74 Å². The predicted molar refractivity (Wildman–Crippen MR) is 72.0 cm³/mol. The molecule has 0 spiro atoms. The van der Waals surface area contributed by atoms with Gasteiger partial charge in [0.15, 0.2) is 0 Å². The zero-order valence-electron chi connectivity index (χ0n) is 10.6. The number of hydrogen-bond acceptors (Lipinski definition) is 4. The Morgan fingerprint density at radius 3 is 2.67 bits per heavy atom. The first kappa shape index (κ1) is 15.0. The van der Waals surface area contributed by atoms with Gasteiger partial charge in [0.2, 0.25) is 0 Å². The summed E-state index contributed by atoms with van der Waals surface area (Å²) in [5.74, 6) is 0.368. The predicted octanol–water partition coefficient (Wildman–Crippen LogP) is 2.21. The van der Waals surface area contributed by atoms with Crippen molar-refractivity contribution in [2.24, 2.45) is 0 Å². The maximum atomic E-state index is 12.7. The van der Waals surface area contributed by atoms with E-state index in [0.29, 0.717) is 6.54 Å². The second kappa shape index (κ2) is 8.11. The van der Waals surface area contributed by atoms with Gasteiger partial charge in [0.05, 0.1) is 7.11 Å². The molecular formula is C13H18FNO2S. The lowest BCUT2D eigenvalue weighted by Crippen LogP contribution is -2.37. The fraction of sp³-hybridized carbons (Fsp3) is 0.462. The van der Waals surface area contributed by atoms with Crippen molar-refractivity contribution < 1.29 is 13.9 Å². The summed E-state index contributed by atoms with van der Waals surface area (Å²) in [5, 5.41) is 3.13. The number of thioether (sulfide) groups is 1. The first-order valence-electron chi connectivity index (χ1n) is 5.72. The number of nitrogens with one attached hydrogen (secondary N) is 1. The average molecular weight is 271 g/mol. The molecule has 1 aromatic rings. The molecule has 18 heavy (non-hydrogen) atoms. The molecule has 1 atom stereocenters. The highest BCUT2D eigenvalue weighted by molar-refractivity contribution is 7.98. The Morgan fingerprint density at radius 1 is 1.44 bits per heavy atom. The van der Waals surface area contributed by atoms with Crippen molar-refractivity contribution in [1.29, 1.82) is 0 Å². The smallest absolute Gasteiger partial charge is 0.322 e. The van der Waals surface area contributed by atoms with Crippen molar-refractivity contribution in [3.8, 4) is 0 Å². The summed E-state index contributed by atoms with van der Waals surface area (Å²) in [7, 11) is 1.38. The van der Waals surface area contributed by atoms with Crippen LogP contribution in [0.1, 0.15) is 12.0 Å². The Hall–Kier alpha value is -1.07. The minimum absolute atomic E-state index is 0.258. The molecule has 0 saturated carbocycles. The summed E-state index contributed by atoms with van der Waals surface area (Å²) in [6.07, 6.45) is 2.71. The van der Waals surface area contributed by atoms with Crippen LogP contribution in [-0.4, -0.2) is 31.1 Å². The lowest BCUT2D eigenvalue weighted by molar-refractivity contribution is -0.143. The summed E-state index contributed by atoms with van der Waals surface area (Å²) < 4.78 is 17.5. The third kappa shape index (κ3) is 5.06.